The lowest BCUT2D eigenvalue weighted by Gasteiger charge is -2.11. The third-order valence-electron chi connectivity index (χ3n) is 3.41. The highest BCUT2D eigenvalue weighted by Crippen LogP contribution is 2.19. The van der Waals surface area contributed by atoms with E-state index in [1.807, 2.05) is 6.92 Å². The Morgan fingerprint density at radius 3 is 2.92 bits per heavy atom. The number of ether oxygens (including phenoxy) is 1. The molecule has 3 aromatic rings. The molecular formula is C16H16N6O2. The van der Waals surface area contributed by atoms with Crippen LogP contribution in [-0.4, -0.2) is 38.0 Å². The van der Waals surface area contributed by atoms with E-state index in [1.165, 1.54) is 10.9 Å². The van der Waals surface area contributed by atoms with Crippen LogP contribution in [0.5, 0.6) is 5.88 Å². The Morgan fingerprint density at radius 2 is 2.21 bits per heavy atom. The van der Waals surface area contributed by atoms with E-state index in [-0.39, 0.29) is 5.91 Å². The summed E-state index contributed by atoms with van der Waals surface area (Å²) in [6.45, 7) is 1.96. The standard InChI is InChI=1S/C16H16N6O2/c1-3-13-14(4-5-15(19-13)24-2)20-16(23)11-8-12(10-17-9-11)22-7-6-18-21-22/h4-10H,3H2,1-2H3,(H,20,23). The number of nitrogens with one attached hydrogen (secondary N) is 1. The molecule has 0 fully saturated rings. The lowest BCUT2D eigenvalue weighted by molar-refractivity contribution is 0.102. The van der Waals surface area contributed by atoms with Gasteiger partial charge >= 0.3 is 0 Å². The first-order chi connectivity index (χ1) is 11.7. The molecule has 122 valence electrons. The van der Waals surface area contributed by atoms with Crippen molar-refractivity contribution in [3.05, 3.63) is 54.2 Å². The molecular weight excluding hydrogens is 308 g/mol. The van der Waals surface area contributed by atoms with Crippen molar-refractivity contribution < 1.29 is 9.53 Å². The monoisotopic (exact) mass is 324 g/mol. The van der Waals surface area contributed by atoms with Gasteiger partial charge in [0.15, 0.2) is 0 Å². The lowest BCUT2D eigenvalue weighted by atomic mass is 10.2. The minimum absolute atomic E-state index is 0.272. The highest BCUT2D eigenvalue weighted by atomic mass is 16.5. The fourth-order valence-corrected chi connectivity index (χ4v) is 2.20. The number of aromatic nitrogens is 5. The summed E-state index contributed by atoms with van der Waals surface area (Å²) in [7, 11) is 1.56. The van der Waals surface area contributed by atoms with Crippen LogP contribution in [0.3, 0.4) is 0 Å². The van der Waals surface area contributed by atoms with Gasteiger partial charge in [0.1, 0.15) is 0 Å². The van der Waals surface area contributed by atoms with E-state index in [9.17, 15) is 4.79 Å². The molecule has 0 aromatic carbocycles. The summed E-state index contributed by atoms with van der Waals surface area (Å²) in [4.78, 5) is 20.9. The molecule has 0 saturated carbocycles. The van der Waals surface area contributed by atoms with Crippen LogP contribution in [0.1, 0.15) is 23.0 Å². The van der Waals surface area contributed by atoms with E-state index < -0.39 is 0 Å². The summed E-state index contributed by atoms with van der Waals surface area (Å²) in [6, 6.07) is 5.18. The minimum atomic E-state index is -0.272. The number of hydrogen-bond acceptors (Lipinski definition) is 6. The summed E-state index contributed by atoms with van der Waals surface area (Å²) in [5.41, 5.74) is 2.47. The van der Waals surface area contributed by atoms with Gasteiger partial charge in [-0.1, -0.05) is 12.1 Å². The molecule has 0 radical (unpaired) electrons. The summed E-state index contributed by atoms with van der Waals surface area (Å²) in [5, 5.41) is 10.5. The van der Waals surface area contributed by atoms with E-state index in [0.717, 1.165) is 5.69 Å². The number of pyridine rings is 2. The van der Waals surface area contributed by atoms with Gasteiger partial charge in [-0.15, -0.1) is 5.10 Å². The van der Waals surface area contributed by atoms with Crippen LogP contribution in [0.15, 0.2) is 43.0 Å². The zero-order valence-electron chi connectivity index (χ0n) is 13.3. The van der Waals surface area contributed by atoms with Crippen LogP contribution in [0.25, 0.3) is 5.69 Å². The SMILES string of the molecule is CCc1nc(OC)ccc1NC(=O)c1cncc(-n2ccnn2)c1. The topological polar surface area (TPSA) is 94.8 Å². The fraction of sp³-hybridized carbons (Fsp3) is 0.188. The van der Waals surface area contributed by atoms with E-state index in [0.29, 0.717) is 29.2 Å². The second kappa shape index (κ2) is 6.86. The third kappa shape index (κ3) is 3.22. The molecule has 0 atom stereocenters. The number of nitrogens with zero attached hydrogens (tertiary/aromatic N) is 5. The second-order valence-electron chi connectivity index (χ2n) is 4.93. The third-order valence-corrected chi connectivity index (χ3v) is 3.41. The number of methoxy groups -OCH3 is 1. The number of rotatable bonds is 5. The molecule has 3 rings (SSSR count). The Bertz CT molecular complexity index is 848. The maximum absolute atomic E-state index is 12.5. The molecule has 0 bridgehead atoms. The predicted octanol–water partition coefficient (Wildman–Crippen LogP) is 1.88. The first kappa shape index (κ1) is 15.6. The van der Waals surface area contributed by atoms with Gasteiger partial charge in [0.2, 0.25) is 5.88 Å². The number of anilines is 1. The number of carbonyl (C=O) groups is 1. The second-order valence-corrected chi connectivity index (χ2v) is 4.93. The van der Waals surface area contributed by atoms with Crippen LogP contribution in [-0.2, 0) is 6.42 Å². The summed E-state index contributed by atoms with van der Waals surface area (Å²) in [5.74, 6) is 0.242. The molecule has 3 heterocycles. The molecule has 1 amide bonds. The van der Waals surface area contributed by atoms with Crippen LogP contribution in [0.4, 0.5) is 5.69 Å². The molecule has 3 aromatic heterocycles. The van der Waals surface area contributed by atoms with Crippen molar-refractivity contribution in [1.29, 1.82) is 0 Å². The van der Waals surface area contributed by atoms with E-state index in [2.05, 4.69) is 25.6 Å². The Balaban J connectivity index is 1.84. The van der Waals surface area contributed by atoms with Crippen LogP contribution in [0.2, 0.25) is 0 Å². The van der Waals surface area contributed by atoms with Gasteiger partial charge in [0, 0.05) is 12.3 Å². The zero-order valence-corrected chi connectivity index (χ0v) is 13.3. The van der Waals surface area contributed by atoms with Crippen LogP contribution in [0, 0.1) is 0 Å². The molecule has 0 aliphatic heterocycles. The van der Waals surface area contributed by atoms with Crippen molar-refractivity contribution in [1.82, 2.24) is 25.0 Å². The largest absolute Gasteiger partial charge is 0.481 e. The number of hydrogen-bond donors (Lipinski definition) is 1. The Hall–Kier alpha value is -3.29. The highest BCUT2D eigenvalue weighted by Gasteiger charge is 2.12. The van der Waals surface area contributed by atoms with Crippen molar-refractivity contribution in [2.24, 2.45) is 0 Å². The summed E-state index contributed by atoms with van der Waals surface area (Å²) < 4.78 is 6.65. The molecule has 0 saturated heterocycles. The minimum Gasteiger partial charge on any atom is -0.481 e. The predicted molar refractivity (Wildman–Crippen MR) is 87.3 cm³/mol. The van der Waals surface area contributed by atoms with Gasteiger partial charge in [-0.05, 0) is 18.6 Å². The highest BCUT2D eigenvalue weighted by molar-refractivity contribution is 6.04. The van der Waals surface area contributed by atoms with Crippen molar-refractivity contribution in [3.63, 3.8) is 0 Å². The van der Waals surface area contributed by atoms with Crippen molar-refractivity contribution in [2.45, 2.75) is 13.3 Å². The van der Waals surface area contributed by atoms with Gasteiger partial charge in [0.25, 0.3) is 5.91 Å². The molecule has 8 heteroatoms. The Morgan fingerprint density at radius 1 is 1.33 bits per heavy atom. The van der Waals surface area contributed by atoms with Gasteiger partial charge in [-0.3, -0.25) is 9.78 Å². The molecule has 24 heavy (non-hydrogen) atoms. The van der Waals surface area contributed by atoms with Gasteiger partial charge in [0.05, 0.1) is 48.3 Å². The van der Waals surface area contributed by atoms with Crippen molar-refractivity contribution in [2.75, 3.05) is 12.4 Å². The number of amides is 1. The van der Waals surface area contributed by atoms with Gasteiger partial charge in [-0.2, -0.15) is 0 Å². The van der Waals surface area contributed by atoms with Crippen LogP contribution >= 0.6 is 0 Å². The average molecular weight is 324 g/mol. The Kier molecular flexibility index (Phi) is 4.46. The van der Waals surface area contributed by atoms with E-state index in [1.54, 1.807) is 43.9 Å². The molecule has 1 N–H and O–H groups in total. The summed E-state index contributed by atoms with van der Waals surface area (Å²) >= 11 is 0. The Labute approximate surface area is 138 Å². The lowest BCUT2D eigenvalue weighted by Crippen LogP contribution is -2.15. The normalized spacial score (nSPS) is 10.4. The van der Waals surface area contributed by atoms with Gasteiger partial charge in [-0.25, -0.2) is 9.67 Å². The maximum atomic E-state index is 12.5. The molecule has 0 aliphatic carbocycles. The maximum Gasteiger partial charge on any atom is 0.257 e. The molecule has 8 nitrogen and oxygen atoms in total. The van der Waals surface area contributed by atoms with Crippen LogP contribution < -0.4 is 10.1 Å². The number of aryl methyl sites for hydroxylation is 1. The van der Waals surface area contributed by atoms with E-state index in [4.69, 9.17) is 4.74 Å². The smallest absolute Gasteiger partial charge is 0.257 e. The summed E-state index contributed by atoms with van der Waals surface area (Å²) in [6.07, 6.45) is 7.02. The first-order valence-electron chi connectivity index (χ1n) is 7.38. The quantitative estimate of drug-likeness (QED) is 0.770. The number of carbonyl (C=O) groups excluding carboxylic acids is 1. The molecule has 0 unspecified atom stereocenters. The van der Waals surface area contributed by atoms with Crippen molar-refractivity contribution in [3.8, 4) is 11.6 Å². The zero-order chi connectivity index (χ0) is 16.9. The van der Waals surface area contributed by atoms with Crippen molar-refractivity contribution >= 4 is 11.6 Å². The first-order valence-corrected chi connectivity index (χ1v) is 7.38. The van der Waals surface area contributed by atoms with Gasteiger partial charge < -0.3 is 10.1 Å². The average Bonchev–Trinajstić information content (AvgIpc) is 3.17. The fourth-order valence-electron chi connectivity index (χ4n) is 2.20. The van der Waals surface area contributed by atoms with E-state index >= 15 is 0 Å². The molecule has 0 aliphatic rings. The molecule has 0 spiro atoms.